The summed E-state index contributed by atoms with van der Waals surface area (Å²) in [5, 5.41) is 10.6. The number of benzene rings is 1. The summed E-state index contributed by atoms with van der Waals surface area (Å²) in [6.45, 7) is 9.80. The molecule has 2 amide bonds. The number of carbonyl (C=O) groups is 3. The highest BCUT2D eigenvalue weighted by Crippen LogP contribution is 2.31. The van der Waals surface area contributed by atoms with Crippen molar-refractivity contribution in [3.63, 3.8) is 0 Å². The molecule has 214 valence electrons. The summed E-state index contributed by atoms with van der Waals surface area (Å²) in [5.41, 5.74) is -2.94. The van der Waals surface area contributed by atoms with Crippen molar-refractivity contribution in [1.29, 1.82) is 0 Å². The Hall–Kier alpha value is -3.06. The molecule has 1 fully saturated rings. The van der Waals surface area contributed by atoms with E-state index in [2.05, 4.69) is 0 Å². The fourth-order valence-electron chi connectivity index (χ4n) is 3.29. The quantitative estimate of drug-likeness (QED) is 0.434. The maximum Gasteiger partial charge on any atom is 0.420 e. The van der Waals surface area contributed by atoms with Gasteiger partial charge in [0.25, 0.3) is 0 Å². The lowest BCUT2D eigenvalue weighted by atomic mass is 10.1. The van der Waals surface area contributed by atoms with E-state index in [9.17, 15) is 32.7 Å². The second kappa shape index (κ2) is 11.8. The summed E-state index contributed by atoms with van der Waals surface area (Å²) >= 11 is 0. The highest BCUT2D eigenvalue weighted by Gasteiger charge is 2.44. The van der Waals surface area contributed by atoms with Crippen LogP contribution in [0.4, 0.5) is 22.8 Å². The predicted molar refractivity (Wildman–Crippen MR) is 126 cm³/mol. The first kappa shape index (κ1) is 31.2. The number of hydrogen-bond donors (Lipinski definition) is 1. The second-order valence-electron chi connectivity index (χ2n) is 10.7. The van der Waals surface area contributed by atoms with Crippen LogP contribution in [0, 0.1) is 0 Å². The molecule has 0 unspecified atom stereocenters. The number of cyclic esters (lactones) is 1. The molecule has 0 spiro atoms. The number of ether oxygens (including phenoxy) is 5. The number of esters is 1. The van der Waals surface area contributed by atoms with Gasteiger partial charge in [0.1, 0.15) is 29.2 Å². The van der Waals surface area contributed by atoms with E-state index in [-0.39, 0.29) is 5.75 Å². The largest absolute Gasteiger partial charge is 0.484 e. The molecular weight excluding hydrogens is 515 g/mol. The molecule has 1 saturated heterocycles. The molecule has 38 heavy (non-hydrogen) atoms. The van der Waals surface area contributed by atoms with Gasteiger partial charge < -0.3 is 28.8 Å². The summed E-state index contributed by atoms with van der Waals surface area (Å²) < 4.78 is 65.7. The van der Waals surface area contributed by atoms with Gasteiger partial charge in [-0.05, 0) is 72.7 Å². The van der Waals surface area contributed by atoms with Gasteiger partial charge in [-0.15, -0.1) is 0 Å². The zero-order valence-corrected chi connectivity index (χ0v) is 22.3. The van der Waals surface area contributed by atoms with Gasteiger partial charge in [-0.25, -0.2) is 14.4 Å². The number of amides is 2. The lowest BCUT2D eigenvalue weighted by Crippen LogP contribution is -2.54. The summed E-state index contributed by atoms with van der Waals surface area (Å²) in [6, 6.07) is 2.10. The number of carbonyl (C=O) groups excluding carboxylic acids is 3. The van der Waals surface area contributed by atoms with Crippen molar-refractivity contribution in [3.8, 4) is 5.75 Å². The highest BCUT2D eigenvalue weighted by atomic mass is 19.4. The van der Waals surface area contributed by atoms with Crippen molar-refractivity contribution in [1.82, 2.24) is 4.90 Å². The number of aliphatic hydroxyl groups is 1. The molecule has 10 nitrogen and oxygen atoms in total. The normalized spacial score (nSPS) is 23.3. The number of alkyl halides is 3. The van der Waals surface area contributed by atoms with E-state index >= 15 is 0 Å². The van der Waals surface area contributed by atoms with E-state index in [0.29, 0.717) is 4.90 Å². The van der Waals surface area contributed by atoms with Crippen LogP contribution >= 0.6 is 0 Å². The van der Waals surface area contributed by atoms with Crippen LogP contribution in [0.15, 0.2) is 24.3 Å². The van der Waals surface area contributed by atoms with Crippen molar-refractivity contribution >= 4 is 18.2 Å². The maximum absolute atomic E-state index is 13.1. The van der Waals surface area contributed by atoms with Crippen LogP contribution in [-0.2, 0) is 29.9 Å². The molecule has 1 N–H and O–H groups in total. The minimum Gasteiger partial charge on any atom is -0.484 e. The number of aliphatic hydroxyl groups excluding tert-OH is 1. The Labute approximate surface area is 218 Å². The first-order valence-corrected chi connectivity index (χ1v) is 11.8. The molecule has 1 aliphatic heterocycles. The summed E-state index contributed by atoms with van der Waals surface area (Å²) in [5.74, 6) is -1.10. The van der Waals surface area contributed by atoms with Gasteiger partial charge in [0.2, 0.25) is 0 Å². The molecular formula is C25H34F3NO9. The number of imide groups is 1. The Morgan fingerprint density at radius 3 is 1.89 bits per heavy atom. The number of rotatable bonds is 3. The Bertz CT molecular complexity index is 956. The van der Waals surface area contributed by atoms with Gasteiger partial charge in [-0.2, -0.15) is 18.1 Å². The van der Waals surface area contributed by atoms with Crippen molar-refractivity contribution in [3.05, 3.63) is 29.8 Å². The van der Waals surface area contributed by atoms with Gasteiger partial charge >= 0.3 is 24.3 Å². The smallest absolute Gasteiger partial charge is 0.420 e. The third-order valence-electron chi connectivity index (χ3n) is 4.93. The lowest BCUT2D eigenvalue weighted by molar-refractivity contribution is -0.160. The monoisotopic (exact) mass is 549 g/mol. The van der Waals surface area contributed by atoms with E-state index in [1.807, 2.05) is 0 Å². The molecule has 0 bridgehead atoms. The first-order chi connectivity index (χ1) is 17.3. The fraction of sp³-hybridized carbons (Fsp3) is 0.640. The Morgan fingerprint density at radius 1 is 0.947 bits per heavy atom. The van der Waals surface area contributed by atoms with Crippen LogP contribution in [0.1, 0.15) is 54.0 Å². The van der Waals surface area contributed by atoms with Gasteiger partial charge in [0.05, 0.1) is 18.8 Å². The van der Waals surface area contributed by atoms with Gasteiger partial charge in [-0.3, -0.25) is 0 Å². The van der Waals surface area contributed by atoms with Crippen LogP contribution in [0.2, 0.25) is 0 Å². The average Bonchev–Trinajstić information content (AvgIpc) is 2.77. The highest BCUT2D eigenvalue weighted by molar-refractivity contribution is 5.94. The molecule has 1 aromatic rings. The topological polar surface area (TPSA) is 121 Å². The van der Waals surface area contributed by atoms with E-state index in [4.69, 9.17) is 23.7 Å². The van der Waals surface area contributed by atoms with Crippen molar-refractivity contribution < 1.29 is 56.3 Å². The van der Waals surface area contributed by atoms with Crippen LogP contribution in [0.25, 0.3) is 0 Å². The zero-order valence-electron chi connectivity index (χ0n) is 22.3. The molecule has 1 aliphatic rings. The maximum atomic E-state index is 13.1. The van der Waals surface area contributed by atoms with E-state index < -0.39 is 78.7 Å². The number of halogens is 3. The summed E-state index contributed by atoms with van der Waals surface area (Å²) in [7, 11) is 0. The minimum absolute atomic E-state index is 0.0233. The Balaban J connectivity index is 2.31. The molecule has 0 saturated carbocycles. The molecule has 2 rings (SSSR count). The molecule has 0 aromatic heterocycles. The lowest BCUT2D eigenvalue weighted by Gasteiger charge is -2.32. The van der Waals surface area contributed by atoms with E-state index in [1.54, 1.807) is 41.5 Å². The minimum atomic E-state index is -4.55. The Kier molecular flexibility index (Phi) is 9.65. The van der Waals surface area contributed by atoms with Gasteiger partial charge in [0.15, 0.2) is 12.1 Å². The molecule has 0 aliphatic carbocycles. The average molecular weight is 550 g/mol. The third-order valence-corrected chi connectivity index (χ3v) is 4.93. The van der Waals surface area contributed by atoms with Crippen LogP contribution < -0.4 is 4.74 Å². The number of nitrogens with zero attached hydrogens (tertiary/aromatic N) is 1. The number of hydrogen-bond acceptors (Lipinski definition) is 9. The van der Waals surface area contributed by atoms with E-state index in [1.165, 1.54) is 6.92 Å². The second-order valence-corrected chi connectivity index (χ2v) is 10.7. The summed E-state index contributed by atoms with van der Waals surface area (Å²) in [6.07, 6.45) is -10.7. The molecule has 0 radical (unpaired) electrons. The molecule has 1 aromatic carbocycles. The van der Waals surface area contributed by atoms with Gasteiger partial charge in [0, 0.05) is 0 Å². The third kappa shape index (κ3) is 9.05. The standard InChI is InChI=1S/C25H34F3NO9/c1-14-19(36-16-10-8-15(9-11-16)25(26,27)28)18(30)13-34-12-17(20(31)35-14)29(21(32)37-23(2,3)4)22(33)38-24(5,6)7/h8-11,14,17-19,30H,12-13H2,1-7H3/t14-,17-,18-,19-/m0/s1. The van der Waals surface area contributed by atoms with Crippen LogP contribution in [0.5, 0.6) is 5.75 Å². The molecule has 13 heteroatoms. The molecule has 1 heterocycles. The summed E-state index contributed by atoms with van der Waals surface area (Å²) in [4.78, 5) is 39.5. The van der Waals surface area contributed by atoms with Gasteiger partial charge in [-0.1, -0.05) is 0 Å². The van der Waals surface area contributed by atoms with Crippen LogP contribution in [0.3, 0.4) is 0 Å². The van der Waals surface area contributed by atoms with Crippen molar-refractivity contribution in [2.45, 2.75) is 90.2 Å². The Morgan fingerprint density at radius 2 is 1.45 bits per heavy atom. The zero-order chi connectivity index (χ0) is 29.1. The van der Waals surface area contributed by atoms with Crippen molar-refractivity contribution in [2.24, 2.45) is 0 Å². The fourth-order valence-corrected chi connectivity index (χ4v) is 3.29. The molecule has 4 atom stereocenters. The van der Waals surface area contributed by atoms with E-state index in [0.717, 1.165) is 24.3 Å². The first-order valence-electron chi connectivity index (χ1n) is 11.8. The predicted octanol–water partition coefficient (Wildman–Crippen LogP) is 4.32. The van der Waals surface area contributed by atoms with Crippen molar-refractivity contribution in [2.75, 3.05) is 13.2 Å². The van der Waals surface area contributed by atoms with Crippen LogP contribution in [-0.4, -0.2) is 76.9 Å². The SMILES string of the molecule is C[C@@H]1OC(=O)[C@@H](N(C(=O)OC(C)(C)C)C(=O)OC(C)(C)C)COC[C@H](O)[C@H]1Oc1ccc(C(F)(F)F)cc1.